The molecule has 0 aliphatic carbocycles. The predicted octanol–water partition coefficient (Wildman–Crippen LogP) is 3.49. The van der Waals surface area contributed by atoms with Crippen molar-refractivity contribution >= 4 is 17.4 Å². The molecule has 2 aromatic carbocycles. The fraction of sp³-hybridized carbons (Fsp3) is 0.133. The Morgan fingerprint density at radius 2 is 1.65 bits per heavy atom. The highest BCUT2D eigenvalue weighted by molar-refractivity contribution is 5.89. The minimum Gasteiger partial charge on any atom is -0.406 e. The molecule has 23 heavy (non-hydrogen) atoms. The van der Waals surface area contributed by atoms with Crippen LogP contribution in [0.2, 0.25) is 0 Å². The van der Waals surface area contributed by atoms with Gasteiger partial charge < -0.3 is 21.1 Å². The number of hydrogen-bond donors (Lipinski definition) is 3. The maximum atomic E-state index is 12.0. The number of hydrogen-bond acceptors (Lipinski definition) is 3. The van der Waals surface area contributed by atoms with Crippen molar-refractivity contribution < 1.29 is 22.7 Å². The third-order valence-electron chi connectivity index (χ3n) is 2.78. The molecule has 0 saturated carbocycles. The fourth-order valence-corrected chi connectivity index (χ4v) is 1.73. The molecule has 0 bridgehead atoms. The summed E-state index contributed by atoms with van der Waals surface area (Å²) in [4.78, 5) is 11.7. The van der Waals surface area contributed by atoms with Crippen LogP contribution >= 0.6 is 0 Å². The molecule has 2 amide bonds. The Labute approximate surface area is 130 Å². The highest BCUT2D eigenvalue weighted by atomic mass is 19.4. The summed E-state index contributed by atoms with van der Waals surface area (Å²) in [5, 5.41) is 5.12. The quantitative estimate of drug-likeness (QED) is 0.753. The molecule has 4 N–H and O–H groups in total. The average molecular weight is 325 g/mol. The Balaban J connectivity index is 1.84. The van der Waals surface area contributed by atoms with Gasteiger partial charge in [0.2, 0.25) is 0 Å². The summed E-state index contributed by atoms with van der Waals surface area (Å²) in [6, 6.07) is 11.4. The highest BCUT2D eigenvalue weighted by Gasteiger charge is 2.30. The third kappa shape index (κ3) is 5.77. The predicted molar refractivity (Wildman–Crippen MR) is 79.8 cm³/mol. The first kappa shape index (κ1) is 16.5. The van der Waals surface area contributed by atoms with Crippen molar-refractivity contribution in [3.63, 3.8) is 0 Å². The summed E-state index contributed by atoms with van der Waals surface area (Å²) in [7, 11) is 0. The van der Waals surface area contributed by atoms with E-state index in [9.17, 15) is 18.0 Å². The second-order valence-electron chi connectivity index (χ2n) is 4.62. The van der Waals surface area contributed by atoms with Crippen LogP contribution < -0.4 is 21.1 Å². The van der Waals surface area contributed by atoms with Gasteiger partial charge in [0.05, 0.1) is 0 Å². The highest BCUT2D eigenvalue weighted by Crippen LogP contribution is 2.23. The van der Waals surface area contributed by atoms with Gasteiger partial charge in [-0.3, -0.25) is 0 Å². The normalized spacial score (nSPS) is 10.9. The fourth-order valence-electron chi connectivity index (χ4n) is 1.73. The van der Waals surface area contributed by atoms with Crippen LogP contribution in [-0.2, 0) is 6.54 Å². The maximum absolute atomic E-state index is 12.0. The van der Waals surface area contributed by atoms with E-state index in [2.05, 4.69) is 15.4 Å². The van der Waals surface area contributed by atoms with E-state index in [-0.39, 0.29) is 5.75 Å². The molecule has 0 aliphatic rings. The van der Waals surface area contributed by atoms with E-state index >= 15 is 0 Å². The monoisotopic (exact) mass is 325 g/mol. The van der Waals surface area contributed by atoms with E-state index in [1.165, 1.54) is 12.1 Å². The van der Waals surface area contributed by atoms with E-state index in [1.807, 2.05) is 0 Å². The van der Waals surface area contributed by atoms with Crippen molar-refractivity contribution in [1.29, 1.82) is 0 Å². The number of amides is 2. The molecule has 0 spiro atoms. The second kappa shape index (κ2) is 6.91. The molecular weight excluding hydrogens is 311 g/mol. The lowest BCUT2D eigenvalue weighted by Gasteiger charge is -2.10. The molecule has 5 nitrogen and oxygen atoms in total. The number of rotatable bonds is 4. The number of alkyl halides is 3. The van der Waals surface area contributed by atoms with E-state index in [0.717, 1.165) is 17.7 Å². The second-order valence-corrected chi connectivity index (χ2v) is 4.62. The van der Waals surface area contributed by atoms with Gasteiger partial charge in [0, 0.05) is 17.9 Å². The first-order valence-corrected chi connectivity index (χ1v) is 6.57. The number of ether oxygens (including phenoxy) is 1. The zero-order valence-corrected chi connectivity index (χ0v) is 11.9. The van der Waals surface area contributed by atoms with Crippen LogP contribution in [-0.4, -0.2) is 12.4 Å². The lowest BCUT2D eigenvalue weighted by molar-refractivity contribution is -0.274. The van der Waals surface area contributed by atoms with Gasteiger partial charge in [0.25, 0.3) is 0 Å². The van der Waals surface area contributed by atoms with Gasteiger partial charge in [-0.25, -0.2) is 4.79 Å². The molecule has 8 heteroatoms. The number of carbonyl (C=O) groups is 1. The Hall–Kier alpha value is -2.90. The van der Waals surface area contributed by atoms with Crippen LogP contribution in [0.5, 0.6) is 5.75 Å². The van der Waals surface area contributed by atoms with Crippen LogP contribution in [0.15, 0.2) is 48.5 Å². The lowest BCUT2D eigenvalue weighted by Crippen LogP contribution is -2.28. The molecule has 0 radical (unpaired) electrons. The van der Waals surface area contributed by atoms with E-state index in [0.29, 0.717) is 17.9 Å². The molecular formula is C15H14F3N3O2. The molecule has 0 aliphatic heterocycles. The van der Waals surface area contributed by atoms with Gasteiger partial charge >= 0.3 is 12.4 Å². The van der Waals surface area contributed by atoms with Crippen molar-refractivity contribution in [2.24, 2.45) is 0 Å². The van der Waals surface area contributed by atoms with Crippen molar-refractivity contribution in [3.8, 4) is 5.75 Å². The molecule has 0 aromatic heterocycles. The lowest BCUT2D eigenvalue weighted by atomic mass is 10.2. The number of anilines is 2. The van der Waals surface area contributed by atoms with Crippen LogP contribution in [0.3, 0.4) is 0 Å². The van der Waals surface area contributed by atoms with Crippen molar-refractivity contribution in [1.82, 2.24) is 5.32 Å². The zero-order chi connectivity index (χ0) is 16.9. The summed E-state index contributed by atoms with van der Waals surface area (Å²) in [6.07, 6.45) is -4.74. The summed E-state index contributed by atoms with van der Waals surface area (Å²) in [6.45, 7) is 0.293. The topological polar surface area (TPSA) is 76.4 Å². The third-order valence-corrected chi connectivity index (χ3v) is 2.78. The number of nitrogen functional groups attached to an aromatic ring is 1. The van der Waals surface area contributed by atoms with Gasteiger partial charge in [-0.2, -0.15) is 0 Å². The molecule has 122 valence electrons. The number of carbonyl (C=O) groups excluding carboxylic acids is 1. The summed E-state index contributed by atoms with van der Waals surface area (Å²) in [5.41, 5.74) is 7.39. The van der Waals surface area contributed by atoms with Crippen LogP contribution in [0.1, 0.15) is 5.56 Å². The number of halogens is 3. The van der Waals surface area contributed by atoms with Crippen LogP contribution in [0, 0.1) is 0 Å². The van der Waals surface area contributed by atoms with Gasteiger partial charge in [0.15, 0.2) is 0 Å². The Morgan fingerprint density at radius 1 is 1.04 bits per heavy atom. The Bertz CT molecular complexity index is 655. The Kier molecular flexibility index (Phi) is 4.95. The molecule has 0 atom stereocenters. The molecule has 2 aromatic rings. The molecule has 0 saturated heterocycles. The largest absolute Gasteiger partial charge is 0.573 e. The summed E-state index contributed by atoms with van der Waals surface area (Å²) >= 11 is 0. The van der Waals surface area contributed by atoms with E-state index in [1.54, 1.807) is 24.3 Å². The van der Waals surface area contributed by atoms with Gasteiger partial charge in [-0.15, -0.1) is 13.2 Å². The molecule has 2 rings (SSSR count). The number of nitrogens with two attached hydrogens (primary N) is 1. The average Bonchev–Trinajstić information content (AvgIpc) is 2.47. The Morgan fingerprint density at radius 3 is 2.22 bits per heavy atom. The maximum Gasteiger partial charge on any atom is 0.573 e. The van der Waals surface area contributed by atoms with E-state index < -0.39 is 12.4 Å². The zero-order valence-electron chi connectivity index (χ0n) is 11.9. The van der Waals surface area contributed by atoms with Crippen LogP contribution in [0.4, 0.5) is 29.3 Å². The number of benzene rings is 2. The number of urea groups is 1. The standard InChI is InChI=1S/C15H14F3N3O2/c16-15(17,18)23-13-7-5-12(6-8-13)21-14(22)20-9-10-1-3-11(19)4-2-10/h1-8H,9,19H2,(H2,20,21,22). The smallest absolute Gasteiger partial charge is 0.406 e. The molecule has 0 unspecified atom stereocenters. The van der Waals surface area contributed by atoms with Crippen LogP contribution in [0.25, 0.3) is 0 Å². The van der Waals surface area contributed by atoms with Crippen molar-refractivity contribution in [3.05, 3.63) is 54.1 Å². The minimum atomic E-state index is -4.74. The number of nitrogens with one attached hydrogen (secondary N) is 2. The first-order chi connectivity index (χ1) is 10.8. The molecule has 0 fully saturated rings. The summed E-state index contributed by atoms with van der Waals surface area (Å²) in [5.74, 6) is -0.356. The van der Waals surface area contributed by atoms with Gasteiger partial charge in [-0.1, -0.05) is 12.1 Å². The molecule has 0 heterocycles. The van der Waals surface area contributed by atoms with Crippen molar-refractivity contribution in [2.75, 3.05) is 11.1 Å². The van der Waals surface area contributed by atoms with E-state index in [4.69, 9.17) is 5.73 Å². The SMILES string of the molecule is Nc1ccc(CNC(=O)Nc2ccc(OC(F)(F)F)cc2)cc1. The van der Waals surface area contributed by atoms with Gasteiger partial charge in [0.1, 0.15) is 5.75 Å². The minimum absolute atomic E-state index is 0.293. The van der Waals surface area contributed by atoms with Gasteiger partial charge in [-0.05, 0) is 42.0 Å². The first-order valence-electron chi connectivity index (χ1n) is 6.57. The summed E-state index contributed by atoms with van der Waals surface area (Å²) < 4.78 is 39.8. The van der Waals surface area contributed by atoms with Crippen molar-refractivity contribution in [2.45, 2.75) is 12.9 Å².